The second-order valence-electron chi connectivity index (χ2n) is 4.66. The predicted molar refractivity (Wildman–Crippen MR) is 77.2 cm³/mol. The van der Waals surface area contributed by atoms with Crippen LogP contribution in [0.4, 0.5) is 0 Å². The molecule has 1 aromatic rings. The summed E-state index contributed by atoms with van der Waals surface area (Å²) in [5, 5.41) is 0. The van der Waals surface area contributed by atoms with Crippen LogP contribution in [0, 0.1) is 5.92 Å². The Morgan fingerprint density at radius 3 is 2.42 bits per heavy atom. The lowest BCUT2D eigenvalue weighted by Gasteiger charge is -2.31. The number of halogens is 1. The van der Waals surface area contributed by atoms with E-state index in [4.69, 9.17) is 10.5 Å². The Kier molecular flexibility index (Phi) is 6.28. The van der Waals surface area contributed by atoms with Crippen LogP contribution in [0.15, 0.2) is 30.3 Å². The average molecular weight is 285 g/mol. The van der Waals surface area contributed by atoms with E-state index in [0.29, 0.717) is 26.3 Å². The van der Waals surface area contributed by atoms with Crippen LogP contribution in [-0.4, -0.2) is 37.1 Å². The van der Waals surface area contributed by atoms with Gasteiger partial charge in [-0.3, -0.25) is 4.79 Å². The highest BCUT2D eigenvalue weighted by Gasteiger charge is 2.27. The molecule has 2 rings (SSSR count). The first-order chi connectivity index (χ1) is 8.70. The van der Waals surface area contributed by atoms with Crippen LogP contribution in [0.25, 0.3) is 0 Å². The van der Waals surface area contributed by atoms with Crippen LogP contribution in [0.5, 0.6) is 0 Å². The maximum atomic E-state index is 12.3. The molecule has 2 unspecified atom stereocenters. The predicted octanol–water partition coefficient (Wildman–Crippen LogP) is 1.60. The molecule has 0 aliphatic carbocycles. The van der Waals surface area contributed by atoms with Crippen molar-refractivity contribution in [2.75, 3.05) is 26.3 Å². The largest absolute Gasteiger partial charge is 0.378 e. The van der Waals surface area contributed by atoms with Crippen LogP contribution in [0.1, 0.15) is 18.5 Å². The van der Waals surface area contributed by atoms with E-state index in [9.17, 15) is 4.79 Å². The van der Waals surface area contributed by atoms with Crippen molar-refractivity contribution in [3.8, 4) is 0 Å². The van der Waals surface area contributed by atoms with Crippen molar-refractivity contribution in [1.29, 1.82) is 0 Å². The molecule has 0 spiro atoms. The number of benzene rings is 1. The van der Waals surface area contributed by atoms with E-state index in [1.807, 2.05) is 42.2 Å². The van der Waals surface area contributed by atoms with Gasteiger partial charge in [0.05, 0.1) is 19.1 Å². The lowest BCUT2D eigenvalue weighted by Crippen LogP contribution is -2.45. The summed E-state index contributed by atoms with van der Waals surface area (Å²) in [4.78, 5) is 14.1. The van der Waals surface area contributed by atoms with Crippen molar-refractivity contribution in [2.24, 2.45) is 11.7 Å². The fourth-order valence-corrected chi connectivity index (χ4v) is 2.19. The van der Waals surface area contributed by atoms with Crippen molar-refractivity contribution in [2.45, 2.75) is 13.0 Å². The fraction of sp³-hybridized carbons (Fsp3) is 0.500. The van der Waals surface area contributed by atoms with Crippen molar-refractivity contribution >= 4 is 18.3 Å². The molecule has 1 saturated heterocycles. The van der Waals surface area contributed by atoms with Gasteiger partial charge in [0.15, 0.2) is 0 Å². The van der Waals surface area contributed by atoms with Crippen molar-refractivity contribution < 1.29 is 9.53 Å². The number of carbonyl (C=O) groups excluding carboxylic acids is 1. The van der Waals surface area contributed by atoms with Gasteiger partial charge < -0.3 is 15.4 Å². The molecule has 1 amide bonds. The van der Waals surface area contributed by atoms with Gasteiger partial charge in [0.2, 0.25) is 5.91 Å². The topological polar surface area (TPSA) is 55.6 Å². The molecule has 4 nitrogen and oxygen atoms in total. The molecule has 0 bridgehead atoms. The number of hydrogen-bond donors (Lipinski definition) is 1. The summed E-state index contributed by atoms with van der Waals surface area (Å²) in [6.07, 6.45) is 0. The molecule has 5 heteroatoms. The number of nitrogens with two attached hydrogens (primary N) is 1. The lowest BCUT2D eigenvalue weighted by atomic mass is 9.94. The zero-order valence-corrected chi connectivity index (χ0v) is 11.9. The maximum Gasteiger partial charge on any atom is 0.227 e. The summed E-state index contributed by atoms with van der Waals surface area (Å²) >= 11 is 0. The minimum atomic E-state index is -0.249. The molecule has 1 fully saturated rings. The maximum absolute atomic E-state index is 12.3. The van der Waals surface area contributed by atoms with Gasteiger partial charge in [-0.05, 0) is 5.56 Å². The summed E-state index contributed by atoms with van der Waals surface area (Å²) < 4.78 is 5.25. The molecule has 19 heavy (non-hydrogen) atoms. The second kappa shape index (κ2) is 7.48. The van der Waals surface area contributed by atoms with Gasteiger partial charge in [-0.1, -0.05) is 37.3 Å². The Hall–Kier alpha value is -1.10. The van der Waals surface area contributed by atoms with Crippen LogP contribution in [0.2, 0.25) is 0 Å². The standard InChI is InChI=1S/C14H20N2O2.ClH/c1-11(13(15)12-5-3-2-4-6-12)14(17)16-7-9-18-10-8-16;/h2-6,11,13H,7-10,15H2,1H3;1H. The van der Waals surface area contributed by atoms with Crippen LogP contribution < -0.4 is 5.73 Å². The minimum Gasteiger partial charge on any atom is -0.378 e. The summed E-state index contributed by atoms with van der Waals surface area (Å²) in [6, 6.07) is 9.52. The number of rotatable bonds is 3. The third kappa shape index (κ3) is 3.93. The van der Waals surface area contributed by atoms with Crippen molar-refractivity contribution in [1.82, 2.24) is 4.90 Å². The minimum absolute atomic E-state index is 0. The Balaban J connectivity index is 0.00000180. The number of nitrogens with zero attached hydrogens (tertiary/aromatic N) is 1. The quantitative estimate of drug-likeness (QED) is 0.917. The highest BCUT2D eigenvalue weighted by Crippen LogP contribution is 2.21. The molecule has 106 valence electrons. The Morgan fingerprint density at radius 2 is 1.84 bits per heavy atom. The summed E-state index contributed by atoms with van der Waals surface area (Å²) in [5.41, 5.74) is 7.17. The SMILES string of the molecule is CC(C(=O)N1CCOCC1)C(N)c1ccccc1.Cl. The Bertz CT molecular complexity index is 394. The third-order valence-electron chi connectivity index (χ3n) is 3.44. The van der Waals surface area contributed by atoms with Gasteiger partial charge in [-0.2, -0.15) is 0 Å². The normalized spacial score (nSPS) is 18.3. The van der Waals surface area contributed by atoms with Gasteiger partial charge in [0.25, 0.3) is 0 Å². The van der Waals surface area contributed by atoms with Gasteiger partial charge in [0.1, 0.15) is 0 Å². The van der Waals surface area contributed by atoms with Gasteiger partial charge >= 0.3 is 0 Å². The van der Waals surface area contributed by atoms with E-state index in [1.54, 1.807) is 0 Å². The van der Waals surface area contributed by atoms with E-state index in [1.165, 1.54) is 0 Å². The Morgan fingerprint density at radius 1 is 1.26 bits per heavy atom. The molecule has 1 heterocycles. The molecular formula is C14H21ClN2O2. The van der Waals surface area contributed by atoms with E-state index in [-0.39, 0.29) is 30.3 Å². The highest BCUT2D eigenvalue weighted by molar-refractivity contribution is 5.85. The van der Waals surface area contributed by atoms with E-state index in [2.05, 4.69) is 0 Å². The molecule has 1 aliphatic heterocycles. The summed E-state index contributed by atoms with van der Waals surface area (Å²) in [5.74, 6) is -0.0832. The molecule has 1 aliphatic rings. The first-order valence-corrected chi connectivity index (χ1v) is 6.37. The van der Waals surface area contributed by atoms with Gasteiger partial charge in [-0.25, -0.2) is 0 Å². The third-order valence-corrected chi connectivity index (χ3v) is 3.44. The first kappa shape index (κ1) is 16.0. The number of hydrogen-bond acceptors (Lipinski definition) is 3. The number of carbonyl (C=O) groups is 1. The lowest BCUT2D eigenvalue weighted by molar-refractivity contribution is -0.139. The zero-order valence-electron chi connectivity index (χ0n) is 11.1. The van der Waals surface area contributed by atoms with Crippen molar-refractivity contribution in [3.63, 3.8) is 0 Å². The monoisotopic (exact) mass is 284 g/mol. The number of amides is 1. The molecule has 2 atom stereocenters. The molecular weight excluding hydrogens is 264 g/mol. The summed E-state index contributed by atoms with van der Waals surface area (Å²) in [6.45, 7) is 4.49. The van der Waals surface area contributed by atoms with Crippen LogP contribution in [0.3, 0.4) is 0 Å². The number of morpholine rings is 1. The van der Waals surface area contributed by atoms with E-state index >= 15 is 0 Å². The van der Waals surface area contributed by atoms with E-state index in [0.717, 1.165) is 5.56 Å². The zero-order chi connectivity index (χ0) is 13.0. The molecule has 2 N–H and O–H groups in total. The van der Waals surface area contributed by atoms with Crippen molar-refractivity contribution in [3.05, 3.63) is 35.9 Å². The Labute approximate surface area is 120 Å². The molecule has 0 saturated carbocycles. The summed E-state index contributed by atoms with van der Waals surface area (Å²) in [7, 11) is 0. The molecule has 0 radical (unpaired) electrons. The van der Waals surface area contributed by atoms with Crippen LogP contribution in [-0.2, 0) is 9.53 Å². The fourth-order valence-electron chi connectivity index (χ4n) is 2.19. The molecule has 1 aromatic carbocycles. The van der Waals surface area contributed by atoms with Crippen LogP contribution >= 0.6 is 12.4 Å². The average Bonchev–Trinajstić information content (AvgIpc) is 2.47. The second-order valence-corrected chi connectivity index (χ2v) is 4.66. The smallest absolute Gasteiger partial charge is 0.227 e. The van der Waals surface area contributed by atoms with Gasteiger partial charge in [-0.15, -0.1) is 12.4 Å². The molecule has 0 aromatic heterocycles. The first-order valence-electron chi connectivity index (χ1n) is 6.37. The number of ether oxygens (including phenoxy) is 1. The van der Waals surface area contributed by atoms with E-state index < -0.39 is 0 Å². The van der Waals surface area contributed by atoms with Gasteiger partial charge in [0, 0.05) is 19.1 Å². The highest BCUT2D eigenvalue weighted by atomic mass is 35.5.